The highest BCUT2D eigenvalue weighted by atomic mass is 32.2. The third-order valence-electron chi connectivity index (χ3n) is 4.08. The van der Waals surface area contributed by atoms with E-state index in [0.29, 0.717) is 6.04 Å². The first-order valence-electron chi connectivity index (χ1n) is 8.21. The zero-order valence-electron chi connectivity index (χ0n) is 12.3. The summed E-state index contributed by atoms with van der Waals surface area (Å²) in [6.45, 7) is 2.28. The molecular weight excluding hydrogens is 238 g/mol. The second-order valence-corrected chi connectivity index (χ2v) is 7.18. The van der Waals surface area contributed by atoms with Gasteiger partial charge in [0.1, 0.15) is 0 Å². The third kappa shape index (κ3) is 7.68. The number of nitrogens with two attached hydrogens (primary N) is 1. The number of hydrogen-bond donors (Lipinski definition) is 1. The molecule has 0 amide bonds. The summed E-state index contributed by atoms with van der Waals surface area (Å²) in [5, 5.41) is 0.732. The van der Waals surface area contributed by atoms with Gasteiger partial charge in [-0.1, -0.05) is 64.7 Å². The van der Waals surface area contributed by atoms with Crippen LogP contribution in [0.25, 0.3) is 0 Å². The molecule has 2 atom stereocenters. The van der Waals surface area contributed by atoms with Crippen molar-refractivity contribution >= 4 is 11.8 Å². The van der Waals surface area contributed by atoms with Crippen molar-refractivity contribution in [3.05, 3.63) is 0 Å². The van der Waals surface area contributed by atoms with Crippen LogP contribution in [0.15, 0.2) is 0 Å². The molecule has 0 spiro atoms. The van der Waals surface area contributed by atoms with E-state index in [2.05, 4.69) is 18.7 Å². The number of hydrogen-bond acceptors (Lipinski definition) is 2. The van der Waals surface area contributed by atoms with E-state index in [9.17, 15) is 0 Å². The second kappa shape index (κ2) is 11.2. The SMILES string of the molecule is CCCCSC1CCCCCCCCCCC1N. The summed E-state index contributed by atoms with van der Waals surface area (Å²) in [6, 6.07) is 0.450. The summed E-state index contributed by atoms with van der Waals surface area (Å²) < 4.78 is 0. The maximum absolute atomic E-state index is 6.42. The van der Waals surface area contributed by atoms with Crippen molar-refractivity contribution in [1.82, 2.24) is 0 Å². The fraction of sp³-hybridized carbons (Fsp3) is 1.00. The average Bonchev–Trinajstić information content (AvgIpc) is 2.37. The minimum atomic E-state index is 0.450. The molecule has 0 aromatic rings. The molecule has 108 valence electrons. The number of unbranched alkanes of at least 4 members (excludes halogenated alkanes) is 1. The quantitative estimate of drug-likeness (QED) is 0.717. The first-order valence-corrected chi connectivity index (χ1v) is 9.26. The molecule has 0 bridgehead atoms. The lowest BCUT2D eigenvalue weighted by atomic mass is 9.98. The molecule has 1 fully saturated rings. The summed E-state index contributed by atoms with van der Waals surface area (Å²) in [6.07, 6.45) is 16.6. The third-order valence-corrected chi connectivity index (χ3v) is 5.62. The van der Waals surface area contributed by atoms with E-state index >= 15 is 0 Å². The van der Waals surface area contributed by atoms with E-state index in [4.69, 9.17) is 5.73 Å². The molecule has 2 unspecified atom stereocenters. The molecule has 1 aliphatic rings. The Morgan fingerprint density at radius 1 is 0.889 bits per heavy atom. The van der Waals surface area contributed by atoms with Crippen molar-refractivity contribution in [3.8, 4) is 0 Å². The van der Waals surface area contributed by atoms with Crippen LogP contribution in [0.2, 0.25) is 0 Å². The second-order valence-electron chi connectivity index (χ2n) is 5.83. The van der Waals surface area contributed by atoms with E-state index in [-0.39, 0.29) is 0 Å². The van der Waals surface area contributed by atoms with Crippen molar-refractivity contribution in [2.75, 3.05) is 5.75 Å². The Morgan fingerprint density at radius 2 is 1.44 bits per heavy atom. The molecule has 0 radical (unpaired) electrons. The Labute approximate surface area is 119 Å². The Hall–Kier alpha value is 0.310. The van der Waals surface area contributed by atoms with E-state index in [1.807, 2.05) is 0 Å². The number of thioether (sulfide) groups is 1. The van der Waals surface area contributed by atoms with Crippen LogP contribution in [0.5, 0.6) is 0 Å². The van der Waals surface area contributed by atoms with Crippen molar-refractivity contribution in [2.24, 2.45) is 5.73 Å². The molecule has 2 heteroatoms. The summed E-state index contributed by atoms with van der Waals surface area (Å²) in [5.74, 6) is 1.31. The van der Waals surface area contributed by atoms with Crippen LogP contribution in [-0.4, -0.2) is 17.0 Å². The standard InChI is InChI=1S/C16H33NS/c1-2-3-14-18-16-13-11-9-7-5-4-6-8-10-12-15(16)17/h15-16H,2-14,17H2,1H3. The summed E-state index contributed by atoms with van der Waals surface area (Å²) in [5.41, 5.74) is 6.42. The smallest absolute Gasteiger partial charge is 0.0199 e. The average molecular weight is 272 g/mol. The molecule has 0 aromatic heterocycles. The van der Waals surface area contributed by atoms with Crippen LogP contribution >= 0.6 is 11.8 Å². The van der Waals surface area contributed by atoms with Crippen LogP contribution < -0.4 is 5.73 Å². The van der Waals surface area contributed by atoms with Gasteiger partial charge in [0.15, 0.2) is 0 Å². The first kappa shape index (κ1) is 16.4. The summed E-state index contributed by atoms with van der Waals surface area (Å²) >= 11 is 2.16. The van der Waals surface area contributed by atoms with Crippen LogP contribution in [0.1, 0.15) is 84.0 Å². The van der Waals surface area contributed by atoms with Crippen molar-refractivity contribution in [2.45, 2.75) is 95.3 Å². The topological polar surface area (TPSA) is 26.0 Å². The maximum atomic E-state index is 6.42. The Bertz CT molecular complexity index is 184. The normalized spacial score (nSPS) is 28.3. The highest BCUT2D eigenvalue weighted by Gasteiger charge is 2.17. The predicted molar refractivity (Wildman–Crippen MR) is 85.3 cm³/mol. The molecule has 1 rings (SSSR count). The van der Waals surface area contributed by atoms with Crippen LogP contribution in [0, 0.1) is 0 Å². The van der Waals surface area contributed by atoms with Gasteiger partial charge in [0.05, 0.1) is 0 Å². The van der Waals surface area contributed by atoms with E-state index in [1.165, 1.54) is 82.8 Å². The van der Waals surface area contributed by atoms with Crippen molar-refractivity contribution < 1.29 is 0 Å². The van der Waals surface area contributed by atoms with Crippen LogP contribution in [-0.2, 0) is 0 Å². The van der Waals surface area contributed by atoms with Gasteiger partial charge in [0, 0.05) is 11.3 Å². The Kier molecular flexibility index (Phi) is 10.1. The molecule has 0 aromatic carbocycles. The van der Waals surface area contributed by atoms with E-state index < -0.39 is 0 Å². The zero-order valence-corrected chi connectivity index (χ0v) is 13.1. The van der Waals surface area contributed by atoms with Crippen molar-refractivity contribution in [3.63, 3.8) is 0 Å². The van der Waals surface area contributed by atoms with Gasteiger partial charge in [0.25, 0.3) is 0 Å². The monoisotopic (exact) mass is 271 g/mol. The summed E-state index contributed by atoms with van der Waals surface area (Å²) in [4.78, 5) is 0. The molecule has 0 aliphatic heterocycles. The van der Waals surface area contributed by atoms with Crippen LogP contribution in [0.4, 0.5) is 0 Å². The van der Waals surface area contributed by atoms with Gasteiger partial charge in [-0.2, -0.15) is 11.8 Å². The molecule has 18 heavy (non-hydrogen) atoms. The molecule has 0 heterocycles. The Balaban J connectivity index is 2.32. The minimum Gasteiger partial charge on any atom is -0.327 e. The first-order chi connectivity index (χ1) is 8.84. The van der Waals surface area contributed by atoms with Gasteiger partial charge < -0.3 is 5.73 Å². The Morgan fingerprint density at radius 3 is 2.06 bits per heavy atom. The lowest BCUT2D eigenvalue weighted by Crippen LogP contribution is -2.32. The molecule has 1 saturated carbocycles. The highest BCUT2D eigenvalue weighted by molar-refractivity contribution is 7.99. The maximum Gasteiger partial charge on any atom is 0.0199 e. The highest BCUT2D eigenvalue weighted by Crippen LogP contribution is 2.25. The van der Waals surface area contributed by atoms with Gasteiger partial charge in [-0.25, -0.2) is 0 Å². The van der Waals surface area contributed by atoms with Gasteiger partial charge in [-0.05, 0) is 25.0 Å². The molecular formula is C16H33NS. The largest absolute Gasteiger partial charge is 0.327 e. The minimum absolute atomic E-state index is 0.450. The van der Waals surface area contributed by atoms with Gasteiger partial charge in [-0.3, -0.25) is 0 Å². The van der Waals surface area contributed by atoms with Gasteiger partial charge in [0.2, 0.25) is 0 Å². The zero-order chi connectivity index (χ0) is 13.1. The fourth-order valence-corrected chi connectivity index (χ4v) is 4.25. The van der Waals surface area contributed by atoms with Crippen molar-refractivity contribution in [1.29, 1.82) is 0 Å². The molecule has 1 nitrogen and oxygen atoms in total. The van der Waals surface area contributed by atoms with Crippen LogP contribution in [0.3, 0.4) is 0 Å². The van der Waals surface area contributed by atoms with Gasteiger partial charge in [-0.15, -0.1) is 0 Å². The molecule has 2 N–H and O–H groups in total. The van der Waals surface area contributed by atoms with E-state index in [0.717, 1.165) is 5.25 Å². The van der Waals surface area contributed by atoms with E-state index in [1.54, 1.807) is 0 Å². The molecule has 1 aliphatic carbocycles. The van der Waals surface area contributed by atoms with Gasteiger partial charge >= 0.3 is 0 Å². The number of rotatable bonds is 4. The lowest BCUT2D eigenvalue weighted by molar-refractivity contribution is 0.473. The summed E-state index contributed by atoms with van der Waals surface area (Å²) in [7, 11) is 0. The lowest BCUT2D eigenvalue weighted by Gasteiger charge is -2.24. The fourth-order valence-electron chi connectivity index (χ4n) is 2.77. The molecule has 0 saturated heterocycles. The predicted octanol–water partition coefficient (Wildman–Crippen LogP) is 5.13.